The standard InChI is InChI=1S/C14H22O.C2H6/c1-7-11-9-12(14(3,4)5)8-10(2)13(11)15-6;1-2/h8-9H,7H2,1-6H3;1-2H3. The van der Waals surface area contributed by atoms with Crippen LogP contribution in [0.1, 0.15) is 58.2 Å². The van der Waals surface area contributed by atoms with Gasteiger partial charge < -0.3 is 4.74 Å². The van der Waals surface area contributed by atoms with Crippen molar-refractivity contribution in [3.05, 3.63) is 28.8 Å². The van der Waals surface area contributed by atoms with Crippen molar-refractivity contribution in [1.29, 1.82) is 0 Å². The number of hydrogen-bond donors (Lipinski definition) is 0. The molecule has 0 aliphatic heterocycles. The third-order valence-electron chi connectivity index (χ3n) is 2.80. The number of rotatable bonds is 2. The van der Waals surface area contributed by atoms with Crippen molar-refractivity contribution in [2.45, 2.75) is 60.3 Å². The van der Waals surface area contributed by atoms with Crippen LogP contribution in [0.5, 0.6) is 5.75 Å². The van der Waals surface area contributed by atoms with Gasteiger partial charge in [-0.2, -0.15) is 0 Å². The molecule has 1 aromatic rings. The molecule has 1 aromatic carbocycles. The molecular weight excluding hydrogens is 208 g/mol. The summed E-state index contributed by atoms with van der Waals surface area (Å²) in [5.41, 5.74) is 4.14. The van der Waals surface area contributed by atoms with Crippen LogP contribution in [-0.4, -0.2) is 7.11 Å². The Morgan fingerprint density at radius 2 is 1.65 bits per heavy atom. The van der Waals surface area contributed by atoms with Crippen LogP contribution in [0.25, 0.3) is 0 Å². The molecule has 1 heteroatoms. The van der Waals surface area contributed by atoms with Crippen LogP contribution in [0, 0.1) is 6.92 Å². The highest BCUT2D eigenvalue weighted by atomic mass is 16.5. The predicted octanol–water partition coefficient (Wildman–Crippen LogP) is 4.89. The zero-order chi connectivity index (χ0) is 13.6. The van der Waals surface area contributed by atoms with Gasteiger partial charge in [0.1, 0.15) is 5.75 Å². The molecule has 1 rings (SSSR count). The zero-order valence-corrected chi connectivity index (χ0v) is 12.8. The largest absolute Gasteiger partial charge is 0.496 e. The first-order chi connectivity index (χ1) is 7.90. The summed E-state index contributed by atoms with van der Waals surface area (Å²) in [7, 11) is 1.75. The molecule has 0 N–H and O–H groups in total. The summed E-state index contributed by atoms with van der Waals surface area (Å²) in [6.07, 6.45) is 1.02. The highest BCUT2D eigenvalue weighted by molar-refractivity contribution is 5.45. The number of hydrogen-bond acceptors (Lipinski definition) is 1. The van der Waals surface area contributed by atoms with E-state index in [1.54, 1.807) is 7.11 Å². The number of ether oxygens (including phenoxy) is 1. The molecule has 17 heavy (non-hydrogen) atoms. The number of aryl methyl sites for hydroxylation is 2. The average Bonchev–Trinajstić information content (AvgIpc) is 2.29. The van der Waals surface area contributed by atoms with Gasteiger partial charge in [0.05, 0.1) is 7.11 Å². The van der Waals surface area contributed by atoms with Crippen LogP contribution in [0.3, 0.4) is 0 Å². The Labute approximate surface area is 107 Å². The molecule has 0 saturated carbocycles. The molecule has 98 valence electrons. The molecule has 0 spiro atoms. The molecule has 0 saturated heterocycles. The Morgan fingerprint density at radius 3 is 2.00 bits per heavy atom. The van der Waals surface area contributed by atoms with Gasteiger partial charge in [-0.25, -0.2) is 0 Å². The van der Waals surface area contributed by atoms with Gasteiger partial charge in [-0.05, 0) is 35.4 Å². The predicted molar refractivity (Wildman–Crippen MR) is 77.2 cm³/mol. The minimum atomic E-state index is 0.209. The zero-order valence-electron chi connectivity index (χ0n) is 12.8. The van der Waals surface area contributed by atoms with Crippen molar-refractivity contribution >= 4 is 0 Å². The third kappa shape index (κ3) is 4.07. The van der Waals surface area contributed by atoms with E-state index in [4.69, 9.17) is 4.74 Å². The van der Waals surface area contributed by atoms with E-state index in [0.29, 0.717) is 0 Å². The van der Waals surface area contributed by atoms with Crippen molar-refractivity contribution in [3.8, 4) is 5.75 Å². The van der Waals surface area contributed by atoms with E-state index in [2.05, 4.69) is 46.8 Å². The quantitative estimate of drug-likeness (QED) is 0.710. The summed E-state index contributed by atoms with van der Waals surface area (Å²) in [6.45, 7) is 15.0. The normalized spacial score (nSPS) is 10.6. The molecule has 0 amide bonds. The van der Waals surface area contributed by atoms with Gasteiger partial charge in [0.2, 0.25) is 0 Å². The molecule has 0 heterocycles. The molecule has 0 atom stereocenters. The summed E-state index contributed by atoms with van der Waals surface area (Å²) in [5, 5.41) is 0. The van der Waals surface area contributed by atoms with Crippen LogP contribution in [0.15, 0.2) is 12.1 Å². The Bertz CT molecular complexity index is 345. The van der Waals surface area contributed by atoms with Crippen molar-refractivity contribution in [3.63, 3.8) is 0 Å². The molecule has 1 nitrogen and oxygen atoms in total. The van der Waals surface area contributed by atoms with E-state index in [1.165, 1.54) is 16.7 Å². The van der Waals surface area contributed by atoms with Crippen molar-refractivity contribution in [1.82, 2.24) is 0 Å². The van der Waals surface area contributed by atoms with Crippen molar-refractivity contribution in [2.24, 2.45) is 0 Å². The molecule has 0 radical (unpaired) electrons. The number of benzene rings is 1. The van der Waals surface area contributed by atoms with Gasteiger partial charge in [-0.15, -0.1) is 0 Å². The molecular formula is C16H28O. The fraction of sp³-hybridized carbons (Fsp3) is 0.625. The lowest BCUT2D eigenvalue weighted by Gasteiger charge is -2.22. The van der Waals surface area contributed by atoms with E-state index >= 15 is 0 Å². The van der Waals surface area contributed by atoms with E-state index < -0.39 is 0 Å². The first kappa shape index (κ1) is 16.0. The molecule has 0 aliphatic carbocycles. The first-order valence-corrected chi connectivity index (χ1v) is 6.58. The minimum absolute atomic E-state index is 0.209. The topological polar surface area (TPSA) is 9.23 Å². The van der Waals surface area contributed by atoms with Crippen molar-refractivity contribution in [2.75, 3.05) is 7.11 Å². The summed E-state index contributed by atoms with van der Waals surface area (Å²) in [4.78, 5) is 0. The van der Waals surface area contributed by atoms with Crippen LogP contribution in [-0.2, 0) is 11.8 Å². The van der Waals surface area contributed by atoms with Gasteiger partial charge in [0.25, 0.3) is 0 Å². The lowest BCUT2D eigenvalue weighted by molar-refractivity contribution is 0.406. The van der Waals surface area contributed by atoms with Gasteiger partial charge in [-0.3, -0.25) is 0 Å². The molecule has 0 unspecified atom stereocenters. The summed E-state index contributed by atoms with van der Waals surface area (Å²) in [6, 6.07) is 4.50. The monoisotopic (exact) mass is 236 g/mol. The lowest BCUT2D eigenvalue weighted by Crippen LogP contribution is -2.12. The maximum atomic E-state index is 5.43. The Balaban J connectivity index is 0.00000121. The van der Waals surface area contributed by atoms with Gasteiger partial charge in [0, 0.05) is 0 Å². The number of methoxy groups -OCH3 is 1. The van der Waals surface area contributed by atoms with E-state index in [-0.39, 0.29) is 5.41 Å². The van der Waals surface area contributed by atoms with Gasteiger partial charge in [0.15, 0.2) is 0 Å². The van der Waals surface area contributed by atoms with E-state index in [0.717, 1.165) is 12.2 Å². The molecule has 0 fully saturated rings. The third-order valence-corrected chi connectivity index (χ3v) is 2.80. The van der Waals surface area contributed by atoms with Crippen LogP contribution in [0.4, 0.5) is 0 Å². The van der Waals surface area contributed by atoms with Crippen LogP contribution in [0.2, 0.25) is 0 Å². The van der Waals surface area contributed by atoms with E-state index in [1.807, 2.05) is 13.8 Å². The fourth-order valence-electron chi connectivity index (χ4n) is 1.83. The van der Waals surface area contributed by atoms with Gasteiger partial charge in [-0.1, -0.05) is 53.7 Å². The highest BCUT2D eigenvalue weighted by Crippen LogP contribution is 2.31. The Hall–Kier alpha value is -0.980. The Morgan fingerprint density at radius 1 is 1.12 bits per heavy atom. The lowest BCUT2D eigenvalue weighted by atomic mass is 9.84. The fourth-order valence-corrected chi connectivity index (χ4v) is 1.83. The maximum absolute atomic E-state index is 5.43. The highest BCUT2D eigenvalue weighted by Gasteiger charge is 2.17. The second kappa shape index (κ2) is 6.68. The summed E-state index contributed by atoms with van der Waals surface area (Å²) >= 11 is 0. The maximum Gasteiger partial charge on any atom is 0.124 e. The van der Waals surface area contributed by atoms with Gasteiger partial charge >= 0.3 is 0 Å². The van der Waals surface area contributed by atoms with Crippen LogP contribution >= 0.6 is 0 Å². The Kier molecular flexibility index (Phi) is 6.30. The van der Waals surface area contributed by atoms with E-state index in [9.17, 15) is 0 Å². The molecule has 0 aliphatic rings. The summed E-state index contributed by atoms with van der Waals surface area (Å²) in [5.74, 6) is 1.05. The molecule has 0 aromatic heterocycles. The summed E-state index contributed by atoms with van der Waals surface area (Å²) < 4.78 is 5.43. The minimum Gasteiger partial charge on any atom is -0.496 e. The average molecular weight is 236 g/mol. The van der Waals surface area contributed by atoms with Crippen molar-refractivity contribution < 1.29 is 4.74 Å². The second-order valence-corrected chi connectivity index (χ2v) is 5.09. The molecule has 0 bridgehead atoms. The SMILES string of the molecule is CC.CCc1cc(C(C)(C)C)cc(C)c1OC. The first-order valence-electron chi connectivity index (χ1n) is 6.58. The smallest absolute Gasteiger partial charge is 0.124 e. The van der Waals surface area contributed by atoms with Crippen LogP contribution < -0.4 is 4.74 Å². The second-order valence-electron chi connectivity index (χ2n) is 5.09.